The number of rotatable bonds is 6. The Morgan fingerprint density at radius 1 is 1.10 bits per heavy atom. The maximum absolute atomic E-state index is 12.5. The summed E-state index contributed by atoms with van der Waals surface area (Å²) in [6.45, 7) is -5.66. The van der Waals surface area contributed by atoms with E-state index in [4.69, 9.17) is 4.74 Å². The van der Waals surface area contributed by atoms with Crippen molar-refractivity contribution >= 4 is 12.4 Å². The molecule has 0 atom stereocenters. The molecule has 0 aromatic heterocycles. The summed E-state index contributed by atoms with van der Waals surface area (Å²) in [5.74, 6) is 0.155. The van der Waals surface area contributed by atoms with Gasteiger partial charge < -0.3 is 22.4 Å². The number of alkyl halides is 3. The molecule has 0 amide bonds. The average Bonchev–Trinajstić information content (AvgIpc) is 2.25. The van der Waals surface area contributed by atoms with Crippen LogP contribution < -0.4 is 10.2 Å². The molecule has 0 fully saturated rings. The summed E-state index contributed by atoms with van der Waals surface area (Å²) in [6, 6.07) is 3.21. The van der Waals surface area contributed by atoms with Crippen molar-refractivity contribution in [2.24, 2.45) is 0 Å². The zero-order valence-corrected chi connectivity index (χ0v) is 10.5. The number of benzene rings is 1. The van der Waals surface area contributed by atoms with Gasteiger partial charge in [0.15, 0.2) is 0 Å². The number of hydrogen-bond acceptors (Lipinski definition) is 2. The van der Waals surface area contributed by atoms with Crippen LogP contribution in [0.4, 0.5) is 26.1 Å². The van der Waals surface area contributed by atoms with Gasteiger partial charge in [0.25, 0.3) is 0 Å². The summed E-state index contributed by atoms with van der Waals surface area (Å²) < 4.78 is 82.2. The van der Waals surface area contributed by atoms with Crippen LogP contribution in [0.15, 0.2) is 18.2 Å². The summed E-state index contributed by atoms with van der Waals surface area (Å²) in [6.07, 6.45) is -4.41. The van der Waals surface area contributed by atoms with E-state index in [1.807, 2.05) is 0 Å². The third-order valence-electron chi connectivity index (χ3n) is 2.36. The van der Waals surface area contributed by atoms with Crippen molar-refractivity contribution in [3.05, 3.63) is 23.8 Å². The van der Waals surface area contributed by atoms with Crippen molar-refractivity contribution < 1.29 is 35.6 Å². The molecule has 0 saturated heterocycles. The van der Waals surface area contributed by atoms with Crippen LogP contribution in [0.25, 0.3) is 0 Å². The molecule has 1 rings (SSSR count). The van der Waals surface area contributed by atoms with Gasteiger partial charge >= 0.3 is 13.2 Å². The van der Waals surface area contributed by atoms with Gasteiger partial charge in [0.1, 0.15) is 19.0 Å². The molecule has 1 aromatic rings. The Hall–Kier alpha value is -1.38. The Morgan fingerprint density at radius 3 is 2.25 bits per heavy atom. The van der Waals surface area contributed by atoms with Gasteiger partial charge in [-0.1, -0.05) is 11.6 Å². The Kier molecular flexibility index (Phi) is 5.32. The first-order chi connectivity index (χ1) is 9.09. The third kappa shape index (κ3) is 5.73. The SMILES string of the molecule is Cc1cc(OCCOCC(F)(F)F)ccc1[B-](F)(F)F. The zero-order chi connectivity index (χ0) is 15.4. The predicted octanol–water partition coefficient (Wildman–Crippen LogP) is 3.01. The third-order valence-corrected chi connectivity index (χ3v) is 2.36. The Bertz CT molecular complexity index is 444. The second kappa shape index (κ2) is 6.38. The molecule has 0 aliphatic rings. The van der Waals surface area contributed by atoms with Crippen molar-refractivity contribution in [3.63, 3.8) is 0 Å². The molecule has 0 radical (unpaired) electrons. The van der Waals surface area contributed by atoms with Crippen LogP contribution in [-0.4, -0.2) is 33.0 Å². The van der Waals surface area contributed by atoms with E-state index < -0.39 is 25.2 Å². The van der Waals surface area contributed by atoms with Gasteiger partial charge in [0, 0.05) is 0 Å². The fraction of sp³-hybridized carbons (Fsp3) is 0.455. The Balaban J connectivity index is 2.45. The van der Waals surface area contributed by atoms with Crippen LogP contribution in [0.5, 0.6) is 5.75 Å². The van der Waals surface area contributed by atoms with E-state index in [2.05, 4.69) is 4.74 Å². The van der Waals surface area contributed by atoms with Gasteiger partial charge in [-0.25, -0.2) is 0 Å². The molecule has 2 nitrogen and oxygen atoms in total. The van der Waals surface area contributed by atoms with Gasteiger partial charge in [-0.05, 0) is 19.1 Å². The van der Waals surface area contributed by atoms with Gasteiger partial charge in [-0.3, -0.25) is 0 Å². The lowest BCUT2D eigenvalue weighted by Gasteiger charge is -2.18. The highest BCUT2D eigenvalue weighted by Gasteiger charge is 2.28. The van der Waals surface area contributed by atoms with Crippen molar-refractivity contribution in [1.29, 1.82) is 0 Å². The summed E-state index contributed by atoms with van der Waals surface area (Å²) in [5.41, 5.74) is -0.711. The van der Waals surface area contributed by atoms with Crippen LogP contribution in [0, 0.1) is 6.92 Å². The minimum atomic E-state index is -5.09. The van der Waals surface area contributed by atoms with Crippen LogP contribution in [-0.2, 0) is 4.74 Å². The molecule has 114 valence electrons. The lowest BCUT2D eigenvalue weighted by molar-refractivity contribution is -0.175. The zero-order valence-electron chi connectivity index (χ0n) is 10.5. The Morgan fingerprint density at radius 2 is 1.75 bits per heavy atom. The highest BCUT2D eigenvalue weighted by molar-refractivity contribution is 6.74. The average molecular weight is 301 g/mol. The van der Waals surface area contributed by atoms with Gasteiger partial charge in [-0.2, -0.15) is 13.2 Å². The monoisotopic (exact) mass is 301 g/mol. The van der Waals surface area contributed by atoms with Crippen LogP contribution in [0.2, 0.25) is 0 Å². The molecule has 0 unspecified atom stereocenters. The van der Waals surface area contributed by atoms with E-state index in [1.165, 1.54) is 13.0 Å². The quantitative estimate of drug-likeness (QED) is 0.457. The first-order valence-electron chi connectivity index (χ1n) is 5.67. The molecular weight excluding hydrogens is 289 g/mol. The van der Waals surface area contributed by atoms with Crippen LogP contribution >= 0.6 is 0 Å². The molecule has 1 aromatic carbocycles. The highest BCUT2D eigenvalue weighted by Crippen LogP contribution is 2.17. The first-order valence-corrected chi connectivity index (χ1v) is 5.67. The smallest absolute Gasteiger partial charge is 0.491 e. The number of aryl methyl sites for hydroxylation is 1. The molecule has 0 heterocycles. The van der Waals surface area contributed by atoms with Crippen LogP contribution in [0.1, 0.15) is 5.56 Å². The van der Waals surface area contributed by atoms with E-state index in [0.717, 1.165) is 12.1 Å². The normalized spacial score (nSPS) is 12.6. The van der Waals surface area contributed by atoms with E-state index in [-0.39, 0.29) is 24.5 Å². The van der Waals surface area contributed by atoms with Crippen LogP contribution in [0.3, 0.4) is 0 Å². The molecule has 9 heteroatoms. The molecule has 0 N–H and O–H groups in total. The van der Waals surface area contributed by atoms with E-state index in [1.54, 1.807) is 0 Å². The maximum atomic E-state index is 12.5. The lowest BCUT2D eigenvalue weighted by Crippen LogP contribution is -2.35. The second-order valence-electron chi connectivity index (χ2n) is 4.11. The standard InChI is InChI=1S/C11H12BF6O2/c1-8-6-9(2-3-10(8)12(16,17)18)20-5-4-19-7-11(13,14)15/h2-3,6H,4-5,7H2,1H3/q-1. The number of ether oxygens (including phenoxy) is 2. The molecule has 0 saturated carbocycles. The molecule has 0 bridgehead atoms. The summed E-state index contributed by atoms with van der Waals surface area (Å²) in [5, 5.41) is 0. The van der Waals surface area contributed by atoms with Crippen molar-refractivity contribution in [3.8, 4) is 5.75 Å². The lowest BCUT2D eigenvalue weighted by atomic mass is 9.77. The van der Waals surface area contributed by atoms with Crippen molar-refractivity contribution in [2.45, 2.75) is 13.1 Å². The molecule has 0 aliphatic heterocycles. The first kappa shape index (κ1) is 16.7. The summed E-state index contributed by atoms with van der Waals surface area (Å²) >= 11 is 0. The van der Waals surface area contributed by atoms with Gasteiger partial charge in [0.2, 0.25) is 0 Å². The largest absolute Gasteiger partial charge is 0.509 e. The van der Waals surface area contributed by atoms with Crippen molar-refractivity contribution in [1.82, 2.24) is 0 Å². The number of hydrogen-bond donors (Lipinski definition) is 0. The molecule has 0 spiro atoms. The summed E-state index contributed by atoms with van der Waals surface area (Å²) in [7, 11) is 0. The fourth-order valence-corrected chi connectivity index (χ4v) is 1.51. The highest BCUT2D eigenvalue weighted by atomic mass is 19.4. The van der Waals surface area contributed by atoms with E-state index in [0.29, 0.717) is 0 Å². The van der Waals surface area contributed by atoms with E-state index >= 15 is 0 Å². The molecule has 20 heavy (non-hydrogen) atoms. The van der Waals surface area contributed by atoms with Gasteiger partial charge in [0.05, 0.1) is 6.61 Å². The number of halogens is 6. The maximum Gasteiger partial charge on any atom is 0.509 e. The topological polar surface area (TPSA) is 18.5 Å². The second-order valence-corrected chi connectivity index (χ2v) is 4.11. The minimum absolute atomic E-state index is 0.00575. The molecule has 0 aliphatic carbocycles. The Labute approximate surface area is 111 Å². The molecular formula is C11H12BF6O2-. The summed E-state index contributed by atoms with van der Waals surface area (Å²) in [4.78, 5) is 0. The minimum Gasteiger partial charge on any atom is -0.491 e. The van der Waals surface area contributed by atoms with E-state index in [9.17, 15) is 26.1 Å². The van der Waals surface area contributed by atoms with Crippen molar-refractivity contribution in [2.75, 3.05) is 19.8 Å². The predicted molar refractivity (Wildman–Crippen MR) is 62.3 cm³/mol. The fourth-order valence-electron chi connectivity index (χ4n) is 1.51. The van der Waals surface area contributed by atoms with Gasteiger partial charge in [-0.15, -0.1) is 5.46 Å².